The second-order valence-corrected chi connectivity index (χ2v) is 7.95. The summed E-state index contributed by atoms with van der Waals surface area (Å²) in [6.07, 6.45) is 2.24. The minimum absolute atomic E-state index is 0.0388. The topological polar surface area (TPSA) is 54.3 Å². The van der Waals surface area contributed by atoms with Gasteiger partial charge in [-0.25, -0.2) is 0 Å². The van der Waals surface area contributed by atoms with Crippen molar-refractivity contribution >= 4 is 51.3 Å². The molecule has 0 spiro atoms. The average Bonchev–Trinajstić information content (AvgIpc) is 3.13. The maximum atomic E-state index is 12.8. The first kappa shape index (κ1) is 20.6. The van der Waals surface area contributed by atoms with Crippen molar-refractivity contribution in [2.45, 2.75) is 26.4 Å². The Morgan fingerprint density at radius 1 is 1.36 bits per heavy atom. The summed E-state index contributed by atoms with van der Waals surface area (Å²) < 4.78 is 2.55. The summed E-state index contributed by atoms with van der Waals surface area (Å²) in [7, 11) is 0. The molecule has 4 nitrogen and oxygen atoms in total. The summed E-state index contributed by atoms with van der Waals surface area (Å²) in [5, 5.41) is 13.3. The van der Waals surface area contributed by atoms with Gasteiger partial charge in [-0.3, -0.25) is 4.79 Å². The fraction of sp³-hybridized carbons (Fsp3) is 0.238. The fourth-order valence-corrected chi connectivity index (χ4v) is 4.29. The van der Waals surface area contributed by atoms with E-state index in [1.807, 2.05) is 35.9 Å². The first-order valence-corrected chi connectivity index (χ1v) is 10.4. The second-order valence-electron chi connectivity index (χ2n) is 6.07. The van der Waals surface area contributed by atoms with E-state index in [2.05, 4.69) is 17.2 Å². The third-order valence-corrected chi connectivity index (χ3v) is 5.93. The molecule has 0 unspecified atom stereocenters. The van der Waals surface area contributed by atoms with Crippen LogP contribution in [-0.4, -0.2) is 22.2 Å². The number of aryl methyl sites for hydroxylation is 1. The number of hydrogen-bond acceptors (Lipinski definition) is 4. The van der Waals surface area contributed by atoms with Gasteiger partial charge in [-0.1, -0.05) is 47.8 Å². The molecular weight excluding hydrogens is 412 g/mol. The highest BCUT2D eigenvalue weighted by atomic mass is 35.5. The number of carbonyl (C=O) groups excluding carboxylic acids is 1. The van der Waals surface area contributed by atoms with Gasteiger partial charge in [0.2, 0.25) is 0 Å². The van der Waals surface area contributed by atoms with Crippen LogP contribution in [-0.2, 0) is 13.1 Å². The zero-order valence-electron chi connectivity index (χ0n) is 15.3. The first-order valence-electron chi connectivity index (χ1n) is 8.82. The van der Waals surface area contributed by atoms with Gasteiger partial charge in [0.25, 0.3) is 5.91 Å². The lowest BCUT2D eigenvalue weighted by molar-refractivity contribution is 0.0950. The molecule has 1 amide bonds. The highest BCUT2D eigenvalue weighted by Crippen LogP contribution is 2.28. The van der Waals surface area contributed by atoms with Gasteiger partial charge >= 0.3 is 0 Å². The normalized spacial score (nSPS) is 10.5. The zero-order chi connectivity index (χ0) is 20.1. The molecule has 2 aromatic heterocycles. The van der Waals surface area contributed by atoms with Crippen LogP contribution in [0.2, 0.25) is 5.02 Å². The van der Waals surface area contributed by atoms with E-state index < -0.39 is 0 Å². The monoisotopic (exact) mass is 430 g/mol. The molecule has 0 aliphatic heterocycles. The third kappa shape index (κ3) is 4.62. The fourth-order valence-electron chi connectivity index (χ4n) is 2.72. The minimum atomic E-state index is -0.205. The Hall–Kier alpha value is -2.17. The van der Waals surface area contributed by atoms with Gasteiger partial charge in [-0.15, -0.1) is 11.3 Å². The number of hydrogen-bond donors (Lipinski definition) is 2. The Bertz CT molecular complexity index is 1120. The predicted octanol–water partition coefficient (Wildman–Crippen LogP) is 4.77. The van der Waals surface area contributed by atoms with Gasteiger partial charge in [0, 0.05) is 36.1 Å². The van der Waals surface area contributed by atoms with Crippen molar-refractivity contribution < 1.29 is 9.90 Å². The molecule has 7 heteroatoms. The Morgan fingerprint density at radius 2 is 2.11 bits per heavy atom. The van der Waals surface area contributed by atoms with Crippen LogP contribution in [0.3, 0.4) is 0 Å². The number of halogens is 1. The lowest BCUT2D eigenvalue weighted by Crippen LogP contribution is -2.24. The Kier molecular flexibility index (Phi) is 6.87. The Morgan fingerprint density at radius 3 is 2.79 bits per heavy atom. The van der Waals surface area contributed by atoms with Crippen molar-refractivity contribution in [1.82, 2.24) is 9.88 Å². The van der Waals surface area contributed by atoms with Crippen LogP contribution >= 0.6 is 35.2 Å². The number of thiophene rings is 1. The highest BCUT2D eigenvalue weighted by molar-refractivity contribution is 7.71. The van der Waals surface area contributed by atoms with E-state index in [1.165, 1.54) is 0 Å². The van der Waals surface area contributed by atoms with E-state index >= 15 is 0 Å². The SMILES string of the molecule is CCn1cc(C(=O)NCc2ccc(Cl)cc2)c(=S)c2cc(C#CCCO)sc21. The van der Waals surface area contributed by atoms with Crippen molar-refractivity contribution in [3.05, 3.63) is 62.1 Å². The molecule has 0 bridgehead atoms. The molecule has 2 heterocycles. The van der Waals surface area contributed by atoms with Gasteiger partial charge in [-0.2, -0.15) is 0 Å². The second kappa shape index (κ2) is 9.35. The van der Waals surface area contributed by atoms with Crippen molar-refractivity contribution in [1.29, 1.82) is 0 Å². The molecule has 3 aromatic rings. The quantitative estimate of drug-likeness (QED) is 0.453. The van der Waals surface area contributed by atoms with Crippen LogP contribution in [0.1, 0.15) is 34.1 Å². The molecule has 0 radical (unpaired) electrons. The van der Waals surface area contributed by atoms with Gasteiger partial charge in [-0.05, 0) is 30.7 Å². The highest BCUT2D eigenvalue weighted by Gasteiger charge is 2.14. The minimum Gasteiger partial charge on any atom is -0.395 e. The lowest BCUT2D eigenvalue weighted by Gasteiger charge is -2.10. The summed E-state index contributed by atoms with van der Waals surface area (Å²) in [5.41, 5.74) is 1.44. The number of nitrogens with one attached hydrogen (secondary N) is 1. The number of aliphatic hydroxyl groups excluding tert-OH is 1. The molecule has 0 fully saturated rings. The summed E-state index contributed by atoms with van der Waals surface area (Å²) >= 11 is 13.0. The molecule has 1 aromatic carbocycles. The van der Waals surface area contributed by atoms with Gasteiger partial charge in [0.05, 0.1) is 21.6 Å². The first-order chi connectivity index (χ1) is 13.5. The van der Waals surface area contributed by atoms with Gasteiger partial charge in [0.1, 0.15) is 4.83 Å². The molecular formula is C21H19ClN2O2S2. The molecule has 0 aliphatic carbocycles. The number of amides is 1. The summed E-state index contributed by atoms with van der Waals surface area (Å²) in [5.74, 6) is 5.77. The van der Waals surface area contributed by atoms with Crippen LogP contribution in [0.5, 0.6) is 0 Å². The lowest BCUT2D eigenvalue weighted by atomic mass is 10.2. The molecule has 0 saturated heterocycles. The number of aromatic nitrogens is 1. The Balaban J connectivity index is 1.91. The number of nitrogens with zero attached hydrogens (tertiary/aromatic N) is 1. The third-order valence-electron chi connectivity index (χ3n) is 4.15. The summed E-state index contributed by atoms with van der Waals surface area (Å²) in [6.45, 7) is 3.18. The number of fused-ring (bicyclic) bond motifs is 1. The zero-order valence-corrected chi connectivity index (χ0v) is 17.7. The maximum absolute atomic E-state index is 12.8. The van der Waals surface area contributed by atoms with Crippen LogP contribution < -0.4 is 5.32 Å². The van der Waals surface area contributed by atoms with Crippen molar-refractivity contribution in [3.8, 4) is 11.8 Å². The number of rotatable bonds is 5. The number of pyridine rings is 1. The molecule has 0 aliphatic rings. The molecule has 28 heavy (non-hydrogen) atoms. The molecule has 0 saturated carbocycles. The van der Waals surface area contributed by atoms with E-state index in [4.69, 9.17) is 28.9 Å². The number of benzene rings is 1. The number of carbonyl (C=O) groups is 1. The van der Waals surface area contributed by atoms with E-state index in [-0.39, 0.29) is 12.5 Å². The maximum Gasteiger partial charge on any atom is 0.254 e. The smallest absolute Gasteiger partial charge is 0.254 e. The number of aliphatic hydroxyl groups is 1. The molecule has 0 atom stereocenters. The van der Waals surface area contributed by atoms with Gasteiger partial charge in [0.15, 0.2) is 0 Å². The van der Waals surface area contributed by atoms with Crippen molar-refractivity contribution in [2.75, 3.05) is 6.61 Å². The predicted molar refractivity (Wildman–Crippen MR) is 118 cm³/mol. The largest absolute Gasteiger partial charge is 0.395 e. The van der Waals surface area contributed by atoms with Gasteiger partial charge < -0.3 is 15.0 Å². The van der Waals surface area contributed by atoms with E-state index in [0.29, 0.717) is 34.6 Å². The van der Waals surface area contributed by atoms with Crippen LogP contribution in [0.25, 0.3) is 10.2 Å². The summed E-state index contributed by atoms with van der Waals surface area (Å²) in [6, 6.07) is 9.27. The Labute approximate surface area is 177 Å². The standard InChI is InChI=1S/C21H19ClN2O2S2/c1-2-24-13-18(20(26)23-12-14-6-8-15(22)9-7-14)19(27)17-11-16(28-21(17)24)5-3-4-10-25/h6-9,11,13,25H,2,4,10,12H2,1H3,(H,23,26). The summed E-state index contributed by atoms with van der Waals surface area (Å²) in [4.78, 5) is 14.6. The van der Waals surface area contributed by atoms with Crippen LogP contribution in [0, 0.1) is 16.4 Å². The van der Waals surface area contributed by atoms with Crippen LogP contribution in [0.15, 0.2) is 36.5 Å². The van der Waals surface area contributed by atoms with Crippen molar-refractivity contribution in [3.63, 3.8) is 0 Å². The van der Waals surface area contributed by atoms with E-state index in [1.54, 1.807) is 23.5 Å². The molecule has 3 rings (SSSR count). The van der Waals surface area contributed by atoms with Crippen molar-refractivity contribution in [2.24, 2.45) is 0 Å². The molecule has 2 N–H and O–H groups in total. The van der Waals surface area contributed by atoms with E-state index in [9.17, 15) is 4.79 Å². The van der Waals surface area contributed by atoms with Crippen LogP contribution in [0.4, 0.5) is 0 Å². The van der Waals surface area contributed by atoms with E-state index in [0.717, 1.165) is 20.7 Å². The molecule has 144 valence electrons. The average molecular weight is 431 g/mol.